The normalized spacial score (nSPS) is 11.5. The van der Waals surface area contributed by atoms with Gasteiger partial charge in [-0.05, 0) is 36.4 Å². The number of hydrogen-bond acceptors (Lipinski definition) is 8. The molecule has 3 N–H and O–H groups in total. The molecule has 0 bridgehead atoms. The smallest absolute Gasteiger partial charge is 0.264 e. The second-order valence-electron chi connectivity index (χ2n) is 6.47. The average molecular weight is 495 g/mol. The molecule has 0 aliphatic rings. The fraction of sp³-hybridized carbons (Fsp3) is 0.105. The predicted octanol–water partition coefficient (Wildman–Crippen LogP) is 1.95. The van der Waals surface area contributed by atoms with Crippen LogP contribution in [0.25, 0.3) is 0 Å². The Bertz CT molecular complexity index is 1340. The molecular formula is C19H18N4O6S3. The van der Waals surface area contributed by atoms with Crippen LogP contribution in [0.2, 0.25) is 0 Å². The van der Waals surface area contributed by atoms with Gasteiger partial charge in [-0.2, -0.15) is 0 Å². The number of nitrogens with zero attached hydrogens (tertiary/aromatic N) is 1. The lowest BCUT2D eigenvalue weighted by atomic mass is 10.3. The maximum Gasteiger partial charge on any atom is 0.264 e. The number of benzene rings is 2. The molecule has 3 rings (SSSR count). The zero-order chi connectivity index (χ0) is 23.4. The standard InChI is InChI=1S/C19H18N4O6S3/c1-13(24)22-31(26,27)17-9-7-14(8-10-17)20-18(25)11-15-12-30-19(21-15)23-32(28,29)16-5-3-2-4-6-16/h2-10,12H,11H2,1H3,(H,20,25)(H,21,23)(H,22,24). The molecule has 0 atom stereocenters. The van der Waals surface area contributed by atoms with E-state index in [1.165, 1.54) is 36.4 Å². The highest BCUT2D eigenvalue weighted by molar-refractivity contribution is 7.93. The first-order valence-electron chi connectivity index (χ1n) is 9.01. The van der Waals surface area contributed by atoms with Gasteiger partial charge >= 0.3 is 0 Å². The van der Waals surface area contributed by atoms with Crippen LogP contribution in [0, 0.1) is 0 Å². The van der Waals surface area contributed by atoms with Crippen LogP contribution in [0.3, 0.4) is 0 Å². The first-order valence-corrected chi connectivity index (χ1v) is 12.9. The number of rotatable bonds is 8. The molecule has 0 aliphatic carbocycles. The van der Waals surface area contributed by atoms with Gasteiger partial charge in [-0.1, -0.05) is 18.2 Å². The lowest BCUT2D eigenvalue weighted by Crippen LogP contribution is -2.28. The fourth-order valence-electron chi connectivity index (χ4n) is 2.54. The summed E-state index contributed by atoms with van der Waals surface area (Å²) in [5, 5.41) is 4.29. The number of carbonyl (C=O) groups excluding carboxylic acids is 2. The number of nitrogens with one attached hydrogen (secondary N) is 3. The number of anilines is 2. The Morgan fingerprint density at radius 1 is 0.906 bits per heavy atom. The highest BCUT2D eigenvalue weighted by atomic mass is 32.2. The second kappa shape index (κ2) is 9.46. The van der Waals surface area contributed by atoms with E-state index >= 15 is 0 Å². The third-order valence-corrected chi connectivity index (χ3v) is 7.63. The summed E-state index contributed by atoms with van der Waals surface area (Å²) in [6.45, 7) is 1.09. The van der Waals surface area contributed by atoms with E-state index in [2.05, 4.69) is 15.0 Å². The van der Waals surface area contributed by atoms with Gasteiger partial charge in [0.25, 0.3) is 20.0 Å². The monoisotopic (exact) mass is 494 g/mol. The molecule has 3 aromatic rings. The van der Waals surface area contributed by atoms with Crippen molar-refractivity contribution in [2.45, 2.75) is 23.1 Å². The summed E-state index contributed by atoms with van der Waals surface area (Å²) in [5.41, 5.74) is 0.708. The molecule has 13 heteroatoms. The number of thiazole rings is 1. The van der Waals surface area contributed by atoms with E-state index in [0.29, 0.717) is 11.4 Å². The molecule has 1 aromatic heterocycles. The quantitative estimate of drug-likeness (QED) is 0.433. The van der Waals surface area contributed by atoms with Crippen molar-refractivity contribution in [1.29, 1.82) is 0 Å². The summed E-state index contributed by atoms with van der Waals surface area (Å²) < 4.78 is 52.8. The third kappa shape index (κ3) is 6.12. The van der Waals surface area contributed by atoms with Crippen molar-refractivity contribution in [3.63, 3.8) is 0 Å². The molecule has 0 aliphatic heterocycles. The van der Waals surface area contributed by atoms with Gasteiger partial charge in [0.2, 0.25) is 11.8 Å². The van der Waals surface area contributed by atoms with Crippen LogP contribution >= 0.6 is 11.3 Å². The SMILES string of the molecule is CC(=O)NS(=O)(=O)c1ccc(NC(=O)Cc2csc(NS(=O)(=O)c3ccccc3)n2)cc1. The topological polar surface area (TPSA) is 151 Å². The Balaban J connectivity index is 1.60. The van der Waals surface area contributed by atoms with Crippen molar-refractivity contribution in [2.24, 2.45) is 0 Å². The van der Waals surface area contributed by atoms with Crippen LogP contribution in [0.1, 0.15) is 12.6 Å². The molecule has 0 unspecified atom stereocenters. The lowest BCUT2D eigenvalue weighted by Gasteiger charge is -2.07. The molecule has 0 saturated carbocycles. The van der Waals surface area contributed by atoms with Gasteiger partial charge < -0.3 is 5.32 Å². The Labute approximate surface area is 188 Å². The van der Waals surface area contributed by atoms with Gasteiger partial charge in [0, 0.05) is 18.0 Å². The van der Waals surface area contributed by atoms with E-state index in [1.54, 1.807) is 23.6 Å². The summed E-state index contributed by atoms with van der Waals surface area (Å²) in [4.78, 5) is 27.3. The lowest BCUT2D eigenvalue weighted by molar-refractivity contribution is -0.117. The highest BCUT2D eigenvalue weighted by Gasteiger charge is 2.17. The van der Waals surface area contributed by atoms with E-state index in [0.717, 1.165) is 18.3 Å². The van der Waals surface area contributed by atoms with E-state index in [-0.39, 0.29) is 21.3 Å². The Morgan fingerprint density at radius 2 is 1.53 bits per heavy atom. The largest absolute Gasteiger partial charge is 0.326 e. The van der Waals surface area contributed by atoms with Gasteiger partial charge in [0.15, 0.2) is 5.13 Å². The zero-order valence-electron chi connectivity index (χ0n) is 16.6. The summed E-state index contributed by atoms with van der Waals surface area (Å²) in [7, 11) is -7.74. The number of carbonyl (C=O) groups is 2. The third-order valence-electron chi connectivity index (χ3n) is 3.90. The Kier molecular flexibility index (Phi) is 6.91. The zero-order valence-corrected chi connectivity index (χ0v) is 19.1. The van der Waals surface area contributed by atoms with E-state index in [1.807, 2.05) is 4.72 Å². The minimum absolute atomic E-state index is 0.0958. The molecule has 0 radical (unpaired) electrons. The molecular weight excluding hydrogens is 476 g/mol. The molecule has 0 saturated heterocycles. The highest BCUT2D eigenvalue weighted by Crippen LogP contribution is 2.21. The maximum atomic E-state index is 12.3. The van der Waals surface area contributed by atoms with Crippen molar-refractivity contribution in [3.8, 4) is 0 Å². The van der Waals surface area contributed by atoms with Crippen molar-refractivity contribution >= 4 is 54.0 Å². The van der Waals surface area contributed by atoms with Crippen LogP contribution in [0.5, 0.6) is 0 Å². The van der Waals surface area contributed by atoms with Gasteiger partial charge in [0.05, 0.1) is 21.9 Å². The molecule has 1 heterocycles. The predicted molar refractivity (Wildman–Crippen MR) is 119 cm³/mol. The molecule has 10 nitrogen and oxygen atoms in total. The Morgan fingerprint density at radius 3 is 2.16 bits per heavy atom. The molecule has 2 amide bonds. The average Bonchev–Trinajstić information content (AvgIpc) is 3.14. The minimum Gasteiger partial charge on any atom is -0.326 e. The number of amides is 2. The molecule has 0 fully saturated rings. The van der Waals surface area contributed by atoms with E-state index in [4.69, 9.17) is 0 Å². The van der Waals surface area contributed by atoms with Gasteiger partial charge in [-0.3, -0.25) is 14.3 Å². The fourth-order valence-corrected chi connectivity index (χ4v) is 5.52. The van der Waals surface area contributed by atoms with E-state index < -0.39 is 31.9 Å². The van der Waals surface area contributed by atoms with Crippen molar-refractivity contribution in [3.05, 3.63) is 65.7 Å². The number of aromatic nitrogens is 1. The summed E-state index contributed by atoms with van der Waals surface area (Å²) >= 11 is 1.05. The molecule has 168 valence electrons. The minimum atomic E-state index is -3.96. The van der Waals surface area contributed by atoms with Gasteiger partial charge in [0.1, 0.15) is 0 Å². The molecule has 0 spiro atoms. The molecule has 2 aromatic carbocycles. The maximum absolute atomic E-state index is 12.3. The van der Waals surface area contributed by atoms with Crippen LogP contribution < -0.4 is 14.8 Å². The first-order chi connectivity index (χ1) is 15.0. The van der Waals surface area contributed by atoms with Crippen LogP contribution in [0.15, 0.2) is 69.8 Å². The van der Waals surface area contributed by atoms with Crippen LogP contribution in [0.4, 0.5) is 10.8 Å². The van der Waals surface area contributed by atoms with Crippen LogP contribution in [-0.4, -0.2) is 33.6 Å². The second-order valence-corrected chi connectivity index (χ2v) is 10.7. The number of hydrogen-bond donors (Lipinski definition) is 3. The van der Waals surface area contributed by atoms with Crippen molar-refractivity contribution < 1.29 is 26.4 Å². The van der Waals surface area contributed by atoms with Gasteiger partial charge in [-0.15, -0.1) is 11.3 Å². The summed E-state index contributed by atoms with van der Waals surface area (Å²) in [5.74, 6) is -1.14. The Hall–Kier alpha value is -3.29. The summed E-state index contributed by atoms with van der Waals surface area (Å²) in [6.07, 6.45) is -0.116. The van der Waals surface area contributed by atoms with Gasteiger partial charge in [-0.25, -0.2) is 26.5 Å². The van der Waals surface area contributed by atoms with Crippen molar-refractivity contribution in [1.82, 2.24) is 9.71 Å². The van der Waals surface area contributed by atoms with Crippen molar-refractivity contribution in [2.75, 3.05) is 10.0 Å². The summed E-state index contributed by atoms with van der Waals surface area (Å²) in [6, 6.07) is 13.1. The number of sulfonamides is 2. The first kappa shape index (κ1) is 23.4. The van der Waals surface area contributed by atoms with Crippen LogP contribution in [-0.2, 0) is 36.1 Å². The molecule has 32 heavy (non-hydrogen) atoms. The van der Waals surface area contributed by atoms with E-state index in [9.17, 15) is 26.4 Å².